The Kier molecular flexibility index (Phi) is 5.94. The Morgan fingerprint density at radius 1 is 1.32 bits per heavy atom. The molecule has 0 saturated heterocycles. The van der Waals surface area contributed by atoms with Crippen molar-refractivity contribution in [3.05, 3.63) is 0 Å². The molecule has 1 fully saturated rings. The Morgan fingerprint density at radius 3 is 2.63 bits per heavy atom. The van der Waals surface area contributed by atoms with E-state index in [9.17, 15) is 0 Å². The third kappa shape index (κ3) is 3.84. The number of nitrogens with one attached hydrogen (secondary N) is 1. The second kappa shape index (κ2) is 7.26. The summed E-state index contributed by atoms with van der Waals surface area (Å²) >= 11 is 3.98. The third-order valence-electron chi connectivity index (χ3n) is 4.89. The van der Waals surface area contributed by atoms with Crippen LogP contribution in [0.15, 0.2) is 4.99 Å². The van der Waals surface area contributed by atoms with Crippen LogP contribution in [-0.2, 0) is 0 Å². The van der Waals surface area contributed by atoms with Crippen molar-refractivity contribution in [3.8, 4) is 0 Å². The van der Waals surface area contributed by atoms with Crippen LogP contribution in [0.5, 0.6) is 0 Å². The van der Waals surface area contributed by atoms with Crippen molar-refractivity contribution in [2.24, 2.45) is 10.4 Å². The lowest BCUT2D eigenvalue weighted by molar-refractivity contribution is 0.317. The van der Waals surface area contributed by atoms with Crippen LogP contribution in [0, 0.1) is 5.41 Å². The molecule has 110 valence electrons. The zero-order chi connectivity index (χ0) is 13.7. The van der Waals surface area contributed by atoms with Gasteiger partial charge in [0, 0.05) is 23.6 Å². The van der Waals surface area contributed by atoms with Gasteiger partial charge in [0.15, 0.2) is 5.17 Å². The minimum atomic E-state index is 0.460. The van der Waals surface area contributed by atoms with E-state index in [-0.39, 0.29) is 0 Å². The van der Waals surface area contributed by atoms with Crippen molar-refractivity contribution in [1.82, 2.24) is 5.32 Å². The first kappa shape index (κ1) is 15.6. The number of aliphatic imine (C=N–C) groups is 1. The summed E-state index contributed by atoms with van der Waals surface area (Å²) in [6, 6.07) is 0.644. The molecular weight excluding hydrogens is 272 g/mol. The summed E-state index contributed by atoms with van der Waals surface area (Å²) in [5, 5.41) is 5.73. The summed E-state index contributed by atoms with van der Waals surface area (Å²) in [5.74, 6) is 1.24. The number of nitrogens with zero attached hydrogens (tertiary/aromatic N) is 1. The zero-order valence-electron chi connectivity index (χ0n) is 12.6. The van der Waals surface area contributed by atoms with Crippen molar-refractivity contribution in [2.75, 3.05) is 18.6 Å². The van der Waals surface area contributed by atoms with Crippen molar-refractivity contribution in [1.29, 1.82) is 0 Å². The average molecular weight is 301 g/mol. The van der Waals surface area contributed by atoms with Crippen LogP contribution < -0.4 is 5.32 Å². The van der Waals surface area contributed by atoms with Gasteiger partial charge in [-0.25, -0.2) is 0 Å². The lowest BCUT2D eigenvalue weighted by Crippen LogP contribution is -2.45. The highest BCUT2D eigenvalue weighted by molar-refractivity contribution is 8.13. The quantitative estimate of drug-likeness (QED) is 0.843. The lowest BCUT2D eigenvalue weighted by Gasteiger charge is -2.36. The Balaban J connectivity index is 1.91. The highest BCUT2D eigenvalue weighted by Gasteiger charge is 2.32. The van der Waals surface area contributed by atoms with E-state index in [0.717, 1.165) is 11.8 Å². The summed E-state index contributed by atoms with van der Waals surface area (Å²) in [6.45, 7) is 5.64. The number of thioether (sulfide) groups is 2. The monoisotopic (exact) mass is 300 g/mol. The highest BCUT2D eigenvalue weighted by Crippen LogP contribution is 2.35. The largest absolute Gasteiger partial charge is 0.361 e. The maximum absolute atomic E-state index is 4.85. The van der Waals surface area contributed by atoms with Crippen molar-refractivity contribution >= 4 is 28.7 Å². The predicted molar refractivity (Wildman–Crippen MR) is 90.5 cm³/mol. The van der Waals surface area contributed by atoms with Crippen LogP contribution in [0.1, 0.15) is 52.4 Å². The number of hydrogen-bond acceptors (Lipinski definition) is 4. The van der Waals surface area contributed by atoms with Crippen molar-refractivity contribution in [2.45, 2.75) is 63.7 Å². The third-order valence-corrected chi connectivity index (χ3v) is 7.33. The number of amidine groups is 1. The first-order valence-electron chi connectivity index (χ1n) is 7.69. The molecular formula is C15H28N2S2. The summed E-state index contributed by atoms with van der Waals surface area (Å²) in [4.78, 5) is 4.85. The minimum absolute atomic E-state index is 0.460. The molecule has 2 atom stereocenters. The zero-order valence-corrected chi connectivity index (χ0v) is 14.2. The molecule has 0 aromatic carbocycles. The molecule has 1 saturated carbocycles. The molecule has 19 heavy (non-hydrogen) atoms. The molecule has 0 radical (unpaired) electrons. The van der Waals surface area contributed by atoms with Gasteiger partial charge in [0.05, 0.1) is 0 Å². The van der Waals surface area contributed by atoms with Gasteiger partial charge in [-0.15, -0.1) is 0 Å². The molecule has 2 unspecified atom stereocenters. The molecule has 2 nitrogen and oxygen atoms in total. The van der Waals surface area contributed by atoms with E-state index in [1.54, 1.807) is 0 Å². The molecule has 2 rings (SSSR count). The summed E-state index contributed by atoms with van der Waals surface area (Å²) in [6.07, 6.45) is 10.2. The lowest BCUT2D eigenvalue weighted by atomic mass is 9.84. The van der Waals surface area contributed by atoms with Crippen molar-refractivity contribution < 1.29 is 0 Å². The smallest absolute Gasteiger partial charge is 0.156 e. The van der Waals surface area contributed by atoms with Gasteiger partial charge < -0.3 is 5.32 Å². The van der Waals surface area contributed by atoms with Gasteiger partial charge in [0.1, 0.15) is 0 Å². The molecule has 1 N–H and O–H groups in total. The predicted octanol–water partition coefficient (Wildman–Crippen LogP) is 4.16. The fourth-order valence-electron chi connectivity index (χ4n) is 3.02. The van der Waals surface area contributed by atoms with Gasteiger partial charge in [-0.1, -0.05) is 38.5 Å². The molecule has 1 aliphatic heterocycles. The minimum Gasteiger partial charge on any atom is -0.361 e. The van der Waals surface area contributed by atoms with E-state index < -0.39 is 0 Å². The van der Waals surface area contributed by atoms with Crippen LogP contribution in [0.2, 0.25) is 0 Å². The van der Waals surface area contributed by atoms with E-state index in [0.29, 0.717) is 11.5 Å². The Hall–Kier alpha value is 0.170. The van der Waals surface area contributed by atoms with Gasteiger partial charge in [-0.3, -0.25) is 4.99 Å². The maximum atomic E-state index is 4.85. The molecule has 0 amide bonds. The van der Waals surface area contributed by atoms with Crippen LogP contribution in [0.3, 0.4) is 0 Å². The van der Waals surface area contributed by atoms with Gasteiger partial charge in [0.25, 0.3) is 0 Å². The van der Waals surface area contributed by atoms with Gasteiger partial charge in [-0.05, 0) is 37.4 Å². The molecule has 0 spiro atoms. The normalized spacial score (nSPS) is 30.8. The van der Waals surface area contributed by atoms with Gasteiger partial charge in [-0.2, -0.15) is 11.8 Å². The topological polar surface area (TPSA) is 24.4 Å². The van der Waals surface area contributed by atoms with E-state index in [1.165, 1.54) is 49.4 Å². The molecule has 0 bridgehead atoms. The standard InChI is InChI=1S/C15H28N2S2/c1-4-15(5-2)10-16-14(19-11-15)17-12-8-6-7-9-13(12)18-3/h12-13H,4-11H2,1-3H3,(H,16,17). The molecule has 2 aliphatic rings. The summed E-state index contributed by atoms with van der Waals surface area (Å²) < 4.78 is 0. The van der Waals surface area contributed by atoms with Gasteiger partial charge in [0.2, 0.25) is 0 Å². The number of rotatable bonds is 4. The molecule has 0 aromatic heterocycles. The van der Waals surface area contributed by atoms with Gasteiger partial charge >= 0.3 is 0 Å². The maximum Gasteiger partial charge on any atom is 0.156 e. The number of hydrogen-bond donors (Lipinski definition) is 1. The van der Waals surface area contributed by atoms with E-state index in [4.69, 9.17) is 4.99 Å². The van der Waals surface area contributed by atoms with Crippen LogP contribution in [0.25, 0.3) is 0 Å². The molecule has 4 heteroatoms. The van der Waals surface area contributed by atoms with Crippen LogP contribution in [0.4, 0.5) is 0 Å². The molecule has 1 heterocycles. The molecule has 0 aromatic rings. The van der Waals surface area contributed by atoms with E-state index in [1.807, 2.05) is 23.5 Å². The fraction of sp³-hybridized carbons (Fsp3) is 0.933. The van der Waals surface area contributed by atoms with Crippen LogP contribution >= 0.6 is 23.5 Å². The Morgan fingerprint density at radius 2 is 2.05 bits per heavy atom. The van der Waals surface area contributed by atoms with E-state index in [2.05, 4.69) is 25.4 Å². The van der Waals surface area contributed by atoms with E-state index >= 15 is 0 Å². The highest BCUT2D eigenvalue weighted by atomic mass is 32.2. The van der Waals surface area contributed by atoms with Crippen LogP contribution in [-0.4, -0.2) is 35.0 Å². The first-order valence-corrected chi connectivity index (χ1v) is 9.97. The summed E-state index contributed by atoms with van der Waals surface area (Å²) in [5.41, 5.74) is 0.460. The Labute approximate surface area is 127 Å². The summed E-state index contributed by atoms with van der Waals surface area (Å²) in [7, 11) is 0. The first-order chi connectivity index (χ1) is 9.23. The fourth-order valence-corrected chi connectivity index (χ4v) is 5.29. The SMILES string of the molecule is CCC1(CC)CN=C(NC2CCCCC2SC)SC1. The Bertz CT molecular complexity index is 313. The second-order valence-electron chi connectivity index (χ2n) is 5.93. The van der Waals surface area contributed by atoms with Crippen molar-refractivity contribution in [3.63, 3.8) is 0 Å². The average Bonchev–Trinajstić information content (AvgIpc) is 2.49. The molecule has 1 aliphatic carbocycles. The second-order valence-corrected chi connectivity index (χ2v) is 7.97.